The minimum atomic E-state index is -0.482. The Labute approximate surface area is 58.8 Å². The van der Waals surface area contributed by atoms with Gasteiger partial charge in [0.1, 0.15) is 0 Å². The van der Waals surface area contributed by atoms with E-state index in [0.29, 0.717) is 0 Å². The first-order chi connectivity index (χ1) is 4.76. The highest BCUT2D eigenvalue weighted by Gasteiger charge is 2.01. The number of amides is 1. The molecular weight excluding hydrogens is 132 g/mol. The quantitative estimate of drug-likeness (QED) is 0.130. The largest absolute Gasteiger partial charge is 0.393 e. The topological polar surface area (TPSA) is 91.0 Å². The van der Waals surface area contributed by atoms with Crippen LogP contribution in [-0.2, 0) is 4.79 Å². The van der Waals surface area contributed by atoms with E-state index in [0.717, 1.165) is 6.21 Å². The van der Waals surface area contributed by atoms with Crippen molar-refractivity contribution in [2.75, 3.05) is 7.05 Å². The lowest BCUT2D eigenvalue weighted by atomic mass is 10.3. The van der Waals surface area contributed by atoms with Gasteiger partial charge >= 0.3 is 0 Å². The zero-order valence-electron chi connectivity index (χ0n) is 5.64. The van der Waals surface area contributed by atoms with Crippen LogP contribution in [-0.4, -0.2) is 19.2 Å². The Kier molecular flexibility index (Phi) is 3.90. The molecule has 0 saturated heterocycles. The number of hydrogen-bond acceptors (Lipinski definition) is 4. The van der Waals surface area contributed by atoms with Gasteiger partial charge in [-0.05, 0) is 0 Å². The Bertz CT molecular complexity index is 163. The molecule has 0 spiro atoms. The van der Waals surface area contributed by atoms with Crippen LogP contribution in [0.3, 0.4) is 0 Å². The minimum Gasteiger partial charge on any atom is -0.393 e. The maximum atomic E-state index is 10.6. The summed E-state index contributed by atoms with van der Waals surface area (Å²) in [7, 11) is 1.63. The molecule has 0 rings (SSSR count). The van der Waals surface area contributed by atoms with Gasteiger partial charge in [-0.2, -0.15) is 0 Å². The summed E-state index contributed by atoms with van der Waals surface area (Å²) in [6.07, 6.45) is 2.30. The molecule has 0 aromatic carbocycles. The Hall–Kier alpha value is -1.36. The second-order valence-electron chi connectivity index (χ2n) is 1.51. The molecule has 0 bridgehead atoms. The zero-order valence-corrected chi connectivity index (χ0v) is 5.64. The number of nitrogens with one attached hydrogen (secondary N) is 3. The van der Waals surface area contributed by atoms with Crippen LogP contribution in [0.25, 0.3) is 0 Å². The van der Waals surface area contributed by atoms with E-state index in [9.17, 15) is 4.79 Å². The normalized spacial score (nSPS) is 10.4. The molecule has 56 valence electrons. The van der Waals surface area contributed by atoms with Crippen LogP contribution in [0.4, 0.5) is 0 Å². The van der Waals surface area contributed by atoms with Crippen LogP contribution in [0.15, 0.2) is 11.8 Å². The Morgan fingerprint density at radius 1 is 1.70 bits per heavy atom. The molecule has 0 atom stereocenters. The minimum absolute atomic E-state index is 0.185. The van der Waals surface area contributed by atoms with Gasteiger partial charge in [-0.25, -0.2) is 5.84 Å². The van der Waals surface area contributed by atoms with Gasteiger partial charge < -0.3 is 10.7 Å². The number of nitrogens with two attached hydrogens (primary N) is 1. The summed E-state index contributed by atoms with van der Waals surface area (Å²) >= 11 is 0. The average molecular weight is 142 g/mol. The predicted molar refractivity (Wildman–Crippen MR) is 38.3 cm³/mol. The van der Waals surface area contributed by atoms with Crippen LogP contribution in [0.2, 0.25) is 0 Å². The Morgan fingerprint density at radius 2 is 2.30 bits per heavy atom. The molecule has 1 amide bonds. The van der Waals surface area contributed by atoms with Gasteiger partial charge in [-0.1, -0.05) is 0 Å². The van der Waals surface area contributed by atoms with E-state index in [1.807, 2.05) is 5.43 Å². The molecule has 5 heteroatoms. The summed E-state index contributed by atoms with van der Waals surface area (Å²) in [4.78, 5) is 10.6. The standard InChI is InChI=1S/C5H10N4O/c1-8-3-4(2-6)5(10)9-7/h2-3,6,8H,7H2,1H3,(H,9,10)/b4-3+,6-2?. The van der Waals surface area contributed by atoms with Gasteiger partial charge in [0, 0.05) is 19.5 Å². The molecule has 0 aliphatic heterocycles. The van der Waals surface area contributed by atoms with Gasteiger partial charge in [0.25, 0.3) is 5.91 Å². The van der Waals surface area contributed by atoms with Crippen molar-refractivity contribution in [3.63, 3.8) is 0 Å². The van der Waals surface area contributed by atoms with Crippen molar-refractivity contribution in [3.05, 3.63) is 11.8 Å². The lowest BCUT2D eigenvalue weighted by Crippen LogP contribution is -2.32. The monoisotopic (exact) mass is 142 g/mol. The van der Waals surface area contributed by atoms with Gasteiger partial charge in [0.15, 0.2) is 0 Å². The van der Waals surface area contributed by atoms with Gasteiger partial charge in [0.05, 0.1) is 5.57 Å². The van der Waals surface area contributed by atoms with E-state index < -0.39 is 5.91 Å². The molecule has 5 N–H and O–H groups in total. The van der Waals surface area contributed by atoms with Gasteiger partial charge in [-0.3, -0.25) is 10.2 Å². The third-order valence-electron chi connectivity index (χ3n) is 0.849. The molecule has 5 nitrogen and oxygen atoms in total. The van der Waals surface area contributed by atoms with E-state index >= 15 is 0 Å². The first kappa shape index (κ1) is 8.64. The summed E-state index contributed by atoms with van der Waals surface area (Å²) in [6, 6.07) is 0. The third kappa shape index (κ3) is 2.27. The second-order valence-corrected chi connectivity index (χ2v) is 1.51. The average Bonchev–Trinajstić information content (AvgIpc) is 1.99. The summed E-state index contributed by atoms with van der Waals surface area (Å²) in [5, 5.41) is 9.35. The molecule has 0 saturated carbocycles. The van der Waals surface area contributed by atoms with Crippen molar-refractivity contribution >= 4 is 12.1 Å². The molecule has 0 fully saturated rings. The van der Waals surface area contributed by atoms with Crippen LogP contribution in [0.5, 0.6) is 0 Å². The first-order valence-corrected chi connectivity index (χ1v) is 2.65. The smallest absolute Gasteiger partial charge is 0.268 e. The van der Waals surface area contributed by atoms with Crippen molar-refractivity contribution < 1.29 is 4.79 Å². The van der Waals surface area contributed by atoms with Crippen LogP contribution >= 0.6 is 0 Å². The van der Waals surface area contributed by atoms with Crippen molar-refractivity contribution in [3.8, 4) is 0 Å². The van der Waals surface area contributed by atoms with Crippen LogP contribution < -0.4 is 16.6 Å². The maximum absolute atomic E-state index is 10.6. The summed E-state index contributed by atoms with van der Waals surface area (Å²) < 4.78 is 0. The number of rotatable bonds is 3. The van der Waals surface area contributed by atoms with E-state index in [1.54, 1.807) is 7.05 Å². The number of carbonyl (C=O) groups is 1. The first-order valence-electron chi connectivity index (χ1n) is 2.65. The zero-order chi connectivity index (χ0) is 7.98. The molecule has 0 unspecified atom stereocenters. The fraction of sp³-hybridized carbons (Fsp3) is 0.200. The molecule has 10 heavy (non-hydrogen) atoms. The molecular formula is C5H10N4O. The number of hydrazine groups is 1. The highest BCUT2D eigenvalue weighted by Crippen LogP contribution is 1.84. The molecule has 0 heterocycles. The summed E-state index contributed by atoms with van der Waals surface area (Å²) in [5.74, 6) is 4.33. The fourth-order valence-corrected chi connectivity index (χ4v) is 0.412. The second kappa shape index (κ2) is 4.51. The fourth-order valence-electron chi connectivity index (χ4n) is 0.412. The summed E-state index contributed by atoms with van der Waals surface area (Å²) in [5.41, 5.74) is 2.09. The molecule has 0 aromatic heterocycles. The lowest BCUT2D eigenvalue weighted by Gasteiger charge is -1.97. The number of hydrogen-bond donors (Lipinski definition) is 4. The van der Waals surface area contributed by atoms with E-state index in [-0.39, 0.29) is 5.57 Å². The third-order valence-corrected chi connectivity index (χ3v) is 0.849. The highest BCUT2D eigenvalue weighted by molar-refractivity contribution is 6.10. The van der Waals surface area contributed by atoms with Crippen molar-refractivity contribution in [2.45, 2.75) is 0 Å². The maximum Gasteiger partial charge on any atom is 0.268 e. The van der Waals surface area contributed by atoms with Crippen LogP contribution in [0.1, 0.15) is 0 Å². The lowest BCUT2D eigenvalue weighted by molar-refractivity contribution is -0.117. The Morgan fingerprint density at radius 3 is 2.60 bits per heavy atom. The van der Waals surface area contributed by atoms with Gasteiger partial charge in [0.2, 0.25) is 0 Å². The van der Waals surface area contributed by atoms with E-state index in [4.69, 9.17) is 11.3 Å². The molecule has 0 aliphatic carbocycles. The number of carbonyl (C=O) groups excluding carboxylic acids is 1. The van der Waals surface area contributed by atoms with Crippen LogP contribution in [0, 0.1) is 5.41 Å². The van der Waals surface area contributed by atoms with E-state index in [2.05, 4.69) is 5.32 Å². The summed E-state index contributed by atoms with van der Waals surface area (Å²) in [6.45, 7) is 0. The van der Waals surface area contributed by atoms with E-state index in [1.165, 1.54) is 6.20 Å². The van der Waals surface area contributed by atoms with Gasteiger partial charge in [-0.15, -0.1) is 0 Å². The highest BCUT2D eigenvalue weighted by atomic mass is 16.2. The van der Waals surface area contributed by atoms with Crippen molar-refractivity contribution in [2.24, 2.45) is 5.84 Å². The molecule has 0 aliphatic rings. The molecule has 0 radical (unpaired) electrons. The SMILES string of the molecule is CN/C=C(\C=N)C(=O)NN. The predicted octanol–water partition coefficient (Wildman–Crippen LogP) is -1.27. The Balaban J connectivity index is 4.20. The molecule has 0 aromatic rings. The van der Waals surface area contributed by atoms with Crippen molar-refractivity contribution in [1.82, 2.24) is 10.7 Å². The van der Waals surface area contributed by atoms with Crippen molar-refractivity contribution in [1.29, 1.82) is 5.41 Å².